The molecule has 0 bridgehead atoms. The van der Waals surface area contributed by atoms with Crippen molar-refractivity contribution in [2.45, 2.75) is 6.54 Å². The first-order valence-corrected chi connectivity index (χ1v) is 11.4. The van der Waals surface area contributed by atoms with Crippen LogP contribution in [0.5, 0.6) is 11.5 Å². The molecule has 0 unspecified atom stereocenters. The third kappa shape index (κ3) is 4.76. The van der Waals surface area contributed by atoms with Crippen molar-refractivity contribution in [3.05, 3.63) is 72.1 Å². The van der Waals surface area contributed by atoms with Crippen LogP contribution in [0.3, 0.4) is 0 Å². The highest BCUT2D eigenvalue weighted by Crippen LogP contribution is 2.28. The summed E-state index contributed by atoms with van der Waals surface area (Å²) in [6, 6.07) is 15.3. The molecule has 0 atom stereocenters. The van der Waals surface area contributed by atoms with Crippen LogP contribution in [0.15, 0.2) is 60.9 Å². The fraction of sp³-hybridized carbons (Fsp3) is 0.269. The van der Waals surface area contributed by atoms with Gasteiger partial charge >= 0.3 is 0 Å². The largest absolute Gasteiger partial charge is 0.497 e. The lowest BCUT2D eigenvalue weighted by Gasteiger charge is -2.30. The maximum atomic E-state index is 13.1. The Morgan fingerprint density at radius 2 is 1.89 bits per heavy atom. The standard InChI is InChI=1S/C26H27N5O4/c1-33-21-8-7-18(24(14-21)34-2)17-31-25-19(16-28-31)13-20(15-27-25)26(32)29-22-5-3-4-6-23(22)30-9-11-35-12-10-30/h3-8,13-16H,9-12,17H2,1-2H3,(H,29,32). The van der Waals surface area contributed by atoms with E-state index in [0.717, 1.165) is 41.2 Å². The van der Waals surface area contributed by atoms with Crippen LogP contribution >= 0.6 is 0 Å². The molecule has 1 saturated heterocycles. The maximum Gasteiger partial charge on any atom is 0.257 e. The zero-order chi connectivity index (χ0) is 24.2. The summed E-state index contributed by atoms with van der Waals surface area (Å²) in [4.78, 5) is 19.9. The number of hydrogen-bond donors (Lipinski definition) is 1. The van der Waals surface area contributed by atoms with Gasteiger partial charge < -0.3 is 24.4 Å². The number of anilines is 2. The van der Waals surface area contributed by atoms with Gasteiger partial charge in [-0.3, -0.25) is 4.79 Å². The second-order valence-electron chi connectivity index (χ2n) is 8.19. The Labute approximate surface area is 203 Å². The van der Waals surface area contributed by atoms with E-state index in [1.165, 1.54) is 0 Å². The third-order valence-corrected chi connectivity index (χ3v) is 6.06. The van der Waals surface area contributed by atoms with E-state index in [0.29, 0.717) is 36.7 Å². The summed E-state index contributed by atoms with van der Waals surface area (Å²) >= 11 is 0. The molecule has 1 aliphatic rings. The zero-order valence-electron chi connectivity index (χ0n) is 19.7. The Morgan fingerprint density at radius 1 is 1.06 bits per heavy atom. The lowest BCUT2D eigenvalue weighted by atomic mass is 10.2. The zero-order valence-corrected chi connectivity index (χ0v) is 19.7. The van der Waals surface area contributed by atoms with Crippen LogP contribution in [-0.4, -0.2) is 61.2 Å². The molecule has 1 amide bonds. The first-order valence-electron chi connectivity index (χ1n) is 11.4. The molecule has 9 heteroatoms. The number of amides is 1. The maximum absolute atomic E-state index is 13.1. The van der Waals surface area contributed by atoms with Crippen LogP contribution in [0, 0.1) is 0 Å². The van der Waals surface area contributed by atoms with E-state index in [9.17, 15) is 4.79 Å². The number of para-hydroxylation sites is 2. The second-order valence-corrected chi connectivity index (χ2v) is 8.19. The molecule has 9 nitrogen and oxygen atoms in total. The minimum absolute atomic E-state index is 0.218. The number of ether oxygens (including phenoxy) is 3. The number of carbonyl (C=O) groups excluding carboxylic acids is 1. The number of nitrogens with zero attached hydrogens (tertiary/aromatic N) is 4. The summed E-state index contributed by atoms with van der Waals surface area (Å²) in [6.45, 7) is 3.41. The molecular weight excluding hydrogens is 446 g/mol. The Kier molecular flexibility index (Phi) is 6.49. The van der Waals surface area contributed by atoms with Crippen LogP contribution in [0.2, 0.25) is 0 Å². The van der Waals surface area contributed by atoms with Gasteiger partial charge in [-0.05, 0) is 30.3 Å². The van der Waals surface area contributed by atoms with E-state index in [2.05, 4.69) is 20.3 Å². The van der Waals surface area contributed by atoms with Gasteiger partial charge in [0.1, 0.15) is 11.5 Å². The molecule has 0 aliphatic carbocycles. The molecule has 5 rings (SSSR count). The van der Waals surface area contributed by atoms with Crippen molar-refractivity contribution in [3.8, 4) is 11.5 Å². The van der Waals surface area contributed by atoms with E-state index in [1.807, 2.05) is 48.5 Å². The number of morpholine rings is 1. The highest BCUT2D eigenvalue weighted by molar-refractivity contribution is 6.07. The molecule has 3 heterocycles. The monoisotopic (exact) mass is 473 g/mol. The van der Waals surface area contributed by atoms with E-state index >= 15 is 0 Å². The highest BCUT2D eigenvalue weighted by Gasteiger charge is 2.17. The molecule has 1 N–H and O–H groups in total. The second kappa shape index (κ2) is 10.0. The normalized spacial score (nSPS) is 13.6. The first-order chi connectivity index (χ1) is 17.2. The molecular formula is C26H27N5O4. The van der Waals surface area contributed by atoms with Crippen LogP contribution in [0.4, 0.5) is 11.4 Å². The minimum atomic E-state index is -0.218. The number of aromatic nitrogens is 3. The molecule has 0 spiro atoms. The molecule has 1 fully saturated rings. The van der Waals surface area contributed by atoms with Crippen molar-refractivity contribution >= 4 is 28.3 Å². The van der Waals surface area contributed by atoms with Crippen molar-refractivity contribution in [1.29, 1.82) is 0 Å². The van der Waals surface area contributed by atoms with Gasteiger partial charge in [-0.15, -0.1) is 0 Å². The third-order valence-electron chi connectivity index (χ3n) is 6.06. The topological polar surface area (TPSA) is 90.7 Å². The van der Waals surface area contributed by atoms with Crippen molar-refractivity contribution in [1.82, 2.24) is 14.8 Å². The number of pyridine rings is 1. The molecule has 0 saturated carbocycles. The Bertz CT molecular complexity index is 1350. The molecule has 35 heavy (non-hydrogen) atoms. The average molecular weight is 474 g/mol. The molecule has 2 aromatic heterocycles. The van der Waals surface area contributed by atoms with Gasteiger partial charge in [0.25, 0.3) is 5.91 Å². The number of fused-ring (bicyclic) bond motifs is 1. The van der Waals surface area contributed by atoms with Gasteiger partial charge in [-0.25, -0.2) is 9.67 Å². The number of methoxy groups -OCH3 is 2. The summed E-state index contributed by atoms with van der Waals surface area (Å²) in [5, 5.41) is 8.31. The summed E-state index contributed by atoms with van der Waals surface area (Å²) in [6.07, 6.45) is 3.30. The van der Waals surface area contributed by atoms with Gasteiger partial charge in [0.05, 0.1) is 57.1 Å². The lowest BCUT2D eigenvalue weighted by Crippen LogP contribution is -2.36. The van der Waals surface area contributed by atoms with Gasteiger partial charge in [0.2, 0.25) is 0 Å². The van der Waals surface area contributed by atoms with E-state index in [1.54, 1.807) is 31.3 Å². The molecule has 0 radical (unpaired) electrons. The van der Waals surface area contributed by atoms with E-state index in [4.69, 9.17) is 14.2 Å². The summed E-state index contributed by atoms with van der Waals surface area (Å²) in [5.41, 5.74) is 3.85. The quantitative estimate of drug-likeness (QED) is 0.439. The number of benzene rings is 2. The van der Waals surface area contributed by atoms with Gasteiger partial charge in [0, 0.05) is 36.3 Å². The smallest absolute Gasteiger partial charge is 0.257 e. The summed E-state index contributed by atoms with van der Waals surface area (Å²) in [5.74, 6) is 1.22. The number of rotatable bonds is 7. The fourth-order valence-corrected chi connectivity index (χ4v) is 4.21. The number of nitrogens with one attached hydrogen (secondary N) is 1. The van der Waals surface area contributed by atoms with E-state index in [-0.39, 0.29) is 5.91 Å². The predicted molar refractivity (Wildman–Crippen MR) is 134 cm³/mol. The van der Waals surface area contributed by atoms with Gasteiger partial charge in [0.15, 0.2) is 5.65 Å². The Morgan fingerprint density at radius 3 is 2.69 bits per heavy atom. The van der Waals surface area contributed by atoms with Gasteiger partial charge in [-0.2, -0.15) is 5.10 Å². The summed E-state index contributed by atoms with van der Waals surface area (Å²) in [7, 11) is 3.24. The molecule has 2 aromatic carbocycles. The van der Waals surface area contributed by atoms with Crippen molar-refractivity contribution in [2.24, 2.45) is 0 Å². The van der Waals surface area contributed by atoms with Crippen LogP contribution in [0.25, 0.3) is 11.0 Å². The average Bonchev–Trinajstić information content (AvgIpc) is 3.31. The van der Waals surface area contributed by atoms with Gasteiger partial charge in [-0.1, -0.05) is 12.1 Å². The fourth-order valence-electron chi connectivity index (χ4n) is 4.21. The molecule has 4 aromatic rings. The summed E-state index contributed by atoms with van der Waals surface area (Å²) < 4.78 is 18.0. The van der Waals surface area contributed by atoms with Crippen LogP contribution in [0.1, 0.15) is 15.9 Å². The van der Waals surface area contributed by atoms with Crippen molar-refractivity contribution in [2.75, 3.05) is 50.7 Å². The van der Waals surface area contributed by atoms with Crippen LogP contribution < -0.4 is 19.7 Å². The number of carbonyl (C=O) groups is 1. The van der Waals surface area contributed by atoms with E-state index < -0.39 is 0 Å². The minimum Gasteiger partial charge on any atom is -0.497 e. The Hall–Kier alpha value is -4.11. The van der Waals surface area contributed by atoms with Crippen molar-refractivity contribution < 1.29 is 19.0 Å². The highest BCUT2D eigenvalue weighted by atomic mass is 16.5. The molecule has 1 aliphatic heterocycles. The molecule has 180 valence electrons. The lowest BCUT2D eigenvalue weighted by molar-refractivity contribution is 0.102. The first kappa shape index (κ1) is 22.7. The van der Waals surface area contributed by atoms with Crippen molar-refractivity contribution in [3.63, 3.8) is 0 Å². The Balaban J connectivity index is 1.36. The predicted octanol–water partition coefficient (Wildman–Crippen LogP) is 3.59. The number of hydrogen-bond acceptors (Lipinski definition) is 7. The SMILES string of the molecule is COc1ccc(Cn2ncc3cc(C(=O)Nc4ccccc4N4CCOCC4)cnc32)c(OC)c1. The van der Waals surface area contributed by atoms with Crippen LogP contribution in [-0.2, 0) is 11.3 Å².